The van der Waals surface area contributed by atoms with Gasteiger partial charge in [0, 0.05) is 41.1 Å². The van der Waals surface area contributed by atoms with Gasteiger partial charge in [-0.2, -0.15) is 4.98 Å². The van der Waals surface area contributed by atoms with Crippen molar-refractivity contribution in [1.82, 2.24) is 19.5 Å². The van der Waals surface area contributed by atoms with Crippen molar-refractivity contribution < 1.29 is 14.6 Å². The van der Waals surface area contributed by atoms with Crippen LogP contribution in [0.25, 0.3) is 11.4 Å². The van der Waals surface area contributed by atoms with Gasteiger partial charge in [-0.15, -0.1) is 0 Å². The third kappa shape index (κ3) is 4.52. The molecule has 6 rings (SSSR count). The third-order valence-corrected chi connectivity index (χ3v) is 8.15. The van der Waals surface area contributed by atoms with Crippen LogP contribution in [-0.2, 0) is 0 Å². The van der Waals surface area contributed by atoms with Gasteiger partial charge in [0.1, 0.15) is 11.9 Å². The summed E-state index contributed by atoms with van der Waals surface area (Å²) in [6.07, 6.45) is 1.28. The molecule has 4 heterocycles. The van der Waals surface area contributed by atoms with Gasteiger partial charge in [-0.05, 0) is 68.7 Å². The molecule has 0 spiro atoms. The Morgan fingerprint density at radius 2 is 1.73 bits per heavy atom. The Kier molecular flexibility index (Phi) is 6.92. The monoisotopic (exact) mass is 592 g/mol. The fraction of sp³-hybridized carbons (Fsp3) is 0.333. The SMILES string of the molecule is COc1nc(N2CC(O)C2)ncc1-c1nc2c(n1C(C)C)C(c1ccc(Cl)cc1C)N(c1cc(Cl)ccc1C)C2=O. The number of fused-ring (bicyclic) bond motifs is 1. The van der Waals surface area contributed by atoms with Gasteiger partial charge < -0.3 is 19.3 Å². The molecule has 1 amide bonds. The highest BCUT2D eigenvalue weighted by Gasteiger charge is 2.46. The van der Waals surface area contributed by atoms with E-state index >= 15 is 0 Å². The van der Waals surface area contributed by atoms with Gasteiger partial charge in [0.25, 0.3) is 5.91 Å². The van der Waals surface area contributed by atoms with Gasteiger partial charge in [0.15, 0.2) is 5.69 Å². The van der Waals surface area contributed by atoms with E-state index in [9.17, 15) is 9.90 Å². The fourth-order valence-corrected chi connectivity index (χ4v) is 6.08. The van der Waals surface area contributed by atoms with E-state index in [-0.39, 0.29) is 11.9 Å². The molecule has 0 bridgehead atoms. The zero-order valence-corrected chi connectivity index (χ0v) is 24.9. The summed E-state index contributed by atoms with van der Waals surface area (Å²) in [5.41, 5.74) is 5.22. The largest absolute Gasteiger partial charge is 0.480 e. The molecule has 41 heavy (non-hydrogen) atoms. The summed E-state index contributed by atoms with van der Waals surface area (Å²) in [6, 6.07) is 10.7. The minimum absolute atomic E-state index is 0.0699. The number of β-amino-alcohol motifs (C(OH)–C–C–N with tert-alkyl or cyclic N) is 1. The van der Waals surface area contributed by atoms with E-state index in [1.807, 2.05) is 55.1 Å². The first-order valence-corrected chi connectivity index (χ1v) is 14.2. The Bertz CT molecular complexity index is 1680. The van der Waals surface area contributed by atoms with Crippen LogP contribution in [0.2, 0.25) is 10.0 Å². The molecule has 9 nitrogen and oxygen atoms in total. The number of aliphatic hydroxyl groups excluding tert-OH is 1. The smallest absolute Gasteiger partial charge is 0.279 e. The molecule has 1 unspecified atom stereocenters. The molecule has 2 aromatic carbocycles. The zero-order chi connectivity index (χ0) is 29.2. The number of hydrogen-bond donors (Lipinski definition) is 1. The number of anilines is 2. The average molecular weight is 594 g/mol. The first-order chi connectivity index (χ1) is 19.6. The number of aryl methyl sites for hydroxylation is 2. The number of imidazole rings is 1. The van der Waals surface area contributed by atoms with E-state index in [1.54, 1.807) is 18.2 Å². The minimum Gasteiger partial charge on any atom is -0.480 e. The maximum atomic E-state index is 14.3. The number of ether oxygens (including phenoxy) is 1. The molecule has 1 atom stereocenters. The number of carbonyl (C=O) groups is 1. The van der Waals surface area contributed by atoms with Crippen LogP contribution in [0.5, 0.6) is 5.88 Å². The van der Waals surface area contributed by atoms with Crippen LogP contribution >= 0.6 is 23.2 Å². The maximum absolute atomic E-state index is 14.3. The van der Waals surface area contributed by atoms with E-state index in [2.05, 4.69) is 28.4 Å². The fourth-order valence-electron chi connectivity index (χ4n) is 5.69. The van der Waals surface area contributed by atoms with Crippen LogP contribution in [0, 0.1) is 13.8 Å². The molecular weight excluding hydrogens is 563 g/mol. The molecule has 0 saturated carbocycles. The number of benzene rings is 2. The van der Waals surface area contributed by atoms with E-state index in [4.69, 9.17) is 32.9 Å². The van der Waals surface area contributed by atoms with Crippen molar-refractivity contribution in [3.63, 3.8) is 0 Å². The molecule has 2 aliphatic rings. The molecule has 11 heteroatoms. The average Bonchev–Trinajstić information content (AvgIpc) is 3.43. The van der Waals surface area contributed by atoms with Crippen LogP contribution in [-0.4, -0.2) is 56.8 Å². The number of nitrogens with zero attached hydrogens (tertiary/aromatic N) is 6. The Hall–Kier alpha value is -3.66. The lowest BCUT2D eigenvalue weighted by Gasteiger charge is -2.35. The summed E-state index contributed by atoms with van der Waals surface area (Å²) >= 11 is 12.8. The summed E-state index contributed by atoms with van der Waals surface area (Å²) in [4.78, 5) is 32.1. The molecule has 2 aliphatic heterocycles. The lowest BCUT2D eigenvalue weighted by atomic mass is 9.97. The van der Waals surface area contributed by atoms with Crippen LogP contribution in [0.3, 0.4) is 0 Å². The zero-order valence-electron chi connectivity index (χ0n) is 23.4. The Morgan fingerprint density at radius 3 is 2.39 bits per heavy atom. The van der Waals surface area contributed by atoms with Crippen molar-refractivity contribution in [3.05, 3.63) is 80.7 Å². The Morgan fingerprint density at radius 1 is 1.02 bits per heavy atom. The molecule has 1 saturated heterocycles. The second kappa shape index (κ2) is 10.3. The van der Waals surface area contributed by atoms with Crippen LogP contribution in [0.4, 0.5) is 11.6 Å². The van der Waals surface area contributed by atoms with Gasteiger partial charge in [-0.25, -0.2) is 9.97 Å². The quantitative estimate of drug-likeness (QED) is 0.303. The van der Waals surface area contributed by atoms with Crippen molar-refractivity contribution in [2.45, 2.75) is 45.9 Å². The van der Waals surface area contributed by atoms with E-state index < -0.39 is 12.1 Å². The van der Waals surface area contributed by atoms with Crippen LogP contribution < -0.4 is 14.5 Å². The van der Waals surface area contributed by atoms with Gasteiger partial charge in [0.2, 0.25) is 11.8 Å². The lowest BCUT2D eigenvalue weighted by Crippen LogP contribution is -2.51. The number of methoxy groups -OCH3 is 1. The molecule has 0 aliphatic carbocycles. The predicted molar refractivity (Wildman–Crippen MR) is 159 cm³/mol. The van der Waals surface area contributed by atoms with Crippen molar-refractivity contribution in [2.75, 3.05) is 30.0 Å². The molecule has 212 valence electrons. The molecular formula is C30H30Cl2N6O3. The second-order valence-electron chi connectivity index (χ2n) is 10.8. The normalized spacial score (nSPS) is 16.9. The van der Waals surface area contributed by atoms with Crippen molar-refractivity contribution in [2.24, 2.45) is 0 Å². The molecule has 1 fully saturated rings. The lowest BCUT2D eigenvalue weighted by molar-refractivity contribution is 0.0989. The highest BCUT2D eigenvalue weighted by Crippen LogP contribution is 2.47. The number of hydrogen-bond acceptors (Lipinski definition) is 7. The molecule has 1 N–H and O–H groups in total. The van der Waals surface area contributed by atoms with Gasteiger partial charge in [0.05, 0.1) is 24.5 Å². The van der Waals surface area contributed by atoms with Gasteiger partial charge >= 0.3 is 0 Å². The summed E-state index contributed by atoms with van der Waals surface area (Å²) in [7, 11) is 1.55. The van der Waals surface area contributed by atoms with Crippen molar-refractivity contribution in [3.8, 4) is 17.3 Å². The van der Waals surface area contributed by atoms with Gasteiger partial charge in [-0.3, -0.25) is 9.69 Å². The number of rotatable bonds is 6. The highest BCUT2D eigenvalue weighted by atomic mass is 35.5. The van der Waals surface area contributed by atoms with Gasteiger partial charge in [-0.1, -0.05) is 35.3 Å². The first kappa shape index (κ1) is 27.5. The van der Waals surface area contributed by atoms with E-state index in [1.165, 1.54) is 0 Å². The molecule has 2 aromatic heterocycles. The number of amides is 1. The van der Waals surface area contributed by atoms with Crippen LogP contribution in [0.15, 0.2) is 42.6 Å². The number of aromatic nitrogens is 4. The highest BCUT2D eigenvalue weighted by molar-refractivity contribution is 6.31. The number of halogens is 2. The number of carbonyl (C=O) groups excluding carboxylic acids is 1. The predicted octanol–water partition coefficient (Wildman–Crippen LogP) is 5.78. The Labute approximate surface area is 248 Å². The van der Waals surface area contributed by atoms with E-state index in [0.717, 1.165) is 28.1 Å². The number of aliphatic hydroxyl groups is 1. The van der Waals surface area contributed by atoms with Crippen molar-refractivity contribution in [1.29, 1.82) is 0 Å². The third-order valence-electron chi connectivity index (χ3n) is 7.68. The summed E-state index contributed by atoms with van der Waals surface area (Å²) in [5, 5.41) is 10.9. The van der Waals surface area contributed by atoms with Crippen LogP contribution in [0.1, 0.15) is 58.8 Å². The Balaban J connectivity index is 1.57. The molecule has 4 aromatic rings. The first-order valence-electron chi connectivity index (χ1n) is 13.4. The maximum Gasteiger partial charge on any atom is 0.279 e. The summed E-state index contributed by atoms with van der Waals surface area (Å²) in [5.74, 6) is 1.14. The molecule has 0 radical (unpaired) electrons. The second-order valence-corrected chi connectivity index (χ2v) is 11.7. The topological polar surface area (TPSA) is 96.6 Å². The van der Waals surface area contributed by atoms with Crippen molar-refractivity contribution >= 4 is 40.7 Å². The minimum atomic E-state index is -0.482. The summed E-state index contributed by atoms with van der Waals surface area (Å²) < 4.78 is 7.76. The summed E-state index contributed by atoms with van der Waals surface area (Å²) in [6.45, 7) is 8.99. The standard InChI is InChI=1S/C30H30Cl2N6O3/c1-15(2)37-26-24(34-27(37)22-12-33-30(35-28(22)41-5)36-13-20(39)14-36)29(40)38(23-11-19(32)7-6-16(23)3)25(26)21-9-8-18(31)10-17(21)4/h6-12,15,20,25,39H,13-14H2,1-5H3. The van der Waals surface area contributed by atoms with E-state index in [0.29, 0.717) is 52.0 Å².